The highest BCUT2D eigenvalue weighted by Gasteiger charge is 2.14. The zero-order valence-corrected chi connectivity index (χ0v) is 9.23. The van der Waals surface area contributed by atoms with E-state index in [1.165, 1.54) is 12.8 Å². The first-order chi connectivity index (χ1) is 6.74. The minimum absolute atomic E-state index is 0.170. The minimum Gasteiger partial charge on any atom is -0.465 e. The van der Waals surface area contributed by atoms with E-state index in [1.807, 2.05) is 0 Å². The summed E-state index contributed by atoms with van der Waals surface area (Å²) in [7, 11) is 0. The summed E-state index contributed by atoms with van der Waals surface area (Å²) in [5.41, 5.74) is 0. The molecule has 0 spiro atoms. The number of hydrogen-bond acceptors (Lipinski definition) is 3. The molecule has 1 heterocycles. The first-order valence-electron chi connectivity index (χ1n) is 4.92. The second-order valence-corrected chi connectivity index (χ2v) is 3.54. The van der Waals surface area contributed by atoms with Crippen LogP contribution in [-0.2, 0) is 9.53 Å². The third kappa shape index (κ3) is 3.49. The predicted octanol–water partition coefficient (Wildman–Crippen LogP) is 0.520. The molecule has 1 rings (SSSR count). The Balaban J connectivity index is 2.17. The third-order valence-electron chi connectivity index (χ3n) is 2.08. The van der Waals surface area contributed by atoms with E-state index < -0.39 is 0 Å². The quantitative estimate of drug-likeness (QED) is 0.550. The van der Waals surface area contributed by atoms with Crippen LogP contribution in [0.15, 0.2) is 0 Å². The van der Waals surface area contributed by atoms with Crippen LogP contribution in [0.5, 0.6) is 0 Å². The van der Waals surface area contributed by atoms with Crippen molar-refractivity contribution in [2.24, 2.45) is 0 Å². The van der Waals surface area contributed by atoms with Gasteiger partial charge in [0.15, 0.2) is 5.11 Å². The van der Waals surface area contributed by atoms with Gasteiger partial charge in [0, 0.05) is 13.1 Å². The van der Waals surface area contributed by atoms with Gasteiger partial charge in [-0.1, -0.05) is 0 Å². The van der Waals surface area contributed by atoms with Crippen molar-refractivity contribution in [3.8, 4) is 0 Å². The first-order valence-corrected chi connectivity index (χ1v) is 5.33. The van der Waals surface area contributed by atoms with Crippen molar-refractivity contribution in [1.29, 1.82) is 0 Å². The number of rotatable bonds is 3. The molecule has 0 atom stereocenters. The van der Waals surface area contributed by atoms with E-state index >= 15 is 0 Å². The molecule has 0 bridgehead atoms. The molecule has 0 aliphatic carbocycles. The Labute approximate surface area is 89.6 Å². The number of carbonyl (C=O) groups excluding carboxylic acids is 1. The molecule has 1 aliphatic heterocycles. The summed E-state index contributed by atoms with van der Waals surface area (Å²) in [4.78, 5) is 13.1. The zero-order valence-electron chi connectivity index (χ0n) is 8.41. The Morgan fingerprint density at radius 3 is 2.71 bits per heavy atom. The fourth-order valence-electron chi connectivity index (χ4n) is 1.39. The van der Waals surface area contributed by atoms with Crippen LogP contribution in [0.3, 0.4) is 0 Å². The molecule has 4 nitrogen and oxygen atoms in total. The summed E-state index contributed by atoms with van der Waals surface area (Å²) in [5, 5.41) is 3.55. The molecule has 0 aromatic heterocycles. The lowest BCUT2D eigenvalue weighted by molar-refractivity contribution is -0.141. The van der Waals surface area contributed by atoms with Crippen molar-refractivity contribution in [2.75, 3.05) is 26.2 Å². The van der Waals surface area contributed by atoms with Gasteiger partial charge in [0.05, 0.1) is 6.61 Å². The van der Waals surface area contributed by atoms with Gasteiger partial charge in [0.25, 0.3) is 0 Å². The van der Waals surface area contributed by atoms with E-state index in [9.17, 15) is 4.79 Å². The Kier molecular flexibility index (Phi) is 4.65. The van der Waals surface area contributed by atoms with Crippen molar-refractivity contribution < 1.29 is 9.53 Å². The highest BCUT2D eigenvalue weighted by molar-refractivity contribution is 7.80. The molecule has 1 aliphatic rings. The monoisotopic (exact) mass is 216 g/mol. The summed E-state index contributed by atoms with van der Waals surface area (Å²) < 4.78 is 4.78. The number of nitrogens with one attached hydrogen (secondary N) is 1. The minimum atomic E-state index is -0.256. The van der Waals surface area contributed by atoms with Crippen LogP contribution in [-0.4, -0.2) is 42.2 Å². The van der Waals surface area contributed by atoms with Crippen molar-refractivity contribution in [3.05, 3.63) is 0 Å². The normalized spacial score (nSPS) is 15.4. The van der Waals surface area contributed by atoms with Crippen LogP contribution >= 0.6 is 12.2 Å². The molecular weight excluding hydrogens is 200 g/mol. The van der Waals surface area contributed by atoms with E-state index in [0.29, 0.717) is 11.7 Å². The topological polar surface area (TPSA) is 41.6 Å². The lowest BCUT2D eigenvalue weighted by Crippen LogP contribution is -2.40. The maximum absolute atomic E-state index is 11.0. The maximum Gasteiger partial charge on any atom is 0.325 e. The number of ether oxygens (including phenoxy) is 1. The highest BCUT2D eigenvalue weighted by Crippen LogP contribution is 2.06. The molecule has 5 heteroatoms. The summed E-state index contributed by atoms with van der Waals surface area (Å²) >= 11 is 5.12. The van der Waals surface area contributed by atoms with Gasteiger partial charge in [-0.15, -0.1) is 0 Å². The van der Waals surface area contributed by atoms with Gasteiger partial charge >= 0.3 is 5.97 Å². The summed E-state index contributed by atoms with van der Waals surface area (Å²) in [6.07, 6.45) is 2.36. The second-order valence-electron chi connectivity index (χ2n) is 3.16. The fourth-order valence-corrected chi connectivity index (χ4v) is 1.65. The molecule has 0 saturated carbocycles. The van der Waals surface area contributed by atoms with E-state index in [1.54, 1.807) is 6.92 Å². The van der Waals surface area contributed by atoms with Crippen LogP contribution in [0.4, 0.5) is 0 Å². The summed E-state index contributed by atoms with van der Waals surface area (Å²) in [6, 6.07) is 0. The van der Waals surface area contributed by atoms with Crippen molar-refractivity contribution in [2.45, 2.75) is 19.8 Å². The van der Waals surface area contributed by atoms with Crippen molar-refractivity contribution in [3.63, 3.8) is 0 Å². The summed E-state index contributed by atoms with van der Waals surface area (Å²) in [5.74, 6) is -0.256. The van der Waals surface area contributed by atoms with E-state index in [4.69, 9.17) is 17.0 Å². The molecular formula is C9H16N2O2S. The van der Waals surface area contributed by atoms with Gasteiger partial charge in [-0.3, -0.25) is 4.79 Å². The third-order valence-corrected chi connectivity index (χ3v) is 2.49. The highest BCUT2D eigenvalue weighted by atomic mass is 32.1. The SMILES string of the molecule is CCOC(=O)CNC(=S)N1CCCC1. The Morgan fingerprint density at radius 1 is 1.50 bits per heavy atom. The molecule has 0 radical (unpaired) electrons. The van der Waals surface area contributed by atoms with E-state index in [2.05, 4.69) is 10.2 Å². The molecule has 1 N–H and O–H groups in total. The average Bonchev–Trinajstić information content (AvgIpc) is 2.67. The zero-order chi connectivity index (χ0) is 10.4. The van der Waals surface area contributed by atoms with Gasteiger partial charge in [0.1, 0.15) is 6.54 Å². The molecule has 0 aromatic rings. The Morgan fingerprint density at radius 2 is 2.14 bits per heavy atom. The number of nitrogens with zero attached hydrogens (tertiary/aromatic N) is 1. The van der Waals surface area contributed by atoms with Crippen molar-refractivity contribution >= 4 is 23.3 Å². The molecule has 0 amide bonds. The molecule has 1 fully saturated rings. The maximum atomic E-state index is 11.0. The van der Waals surface area contributed by atoms with Crippen LogP contribution in [0.25, 0.3) is 0 Å². The van der Waals surface area contributed by atoms with Gasteiger partial charge in [0.2, 0.25) is 0 Å². The first kappa shape index (κ1) is 11.2. The van der Waals surface area contributed by atoms with Gasteiger partial charge in [-0.05, 0) is 32.0 Å². The van der Waals surface area contributed by atoms with Gasteiger partial charge in [-0.25, -0.2) is 0 Å². The number of thiocarbonyl (C=S) groups is 1. The molecule has 0 aromatic carbocycles. The molecule has 14 heavy (non-hydrogen) atoms. The molecule has 0 unspecified atom stereocenters. The van der Waals surface area contributed by atoms with Gasteiger partial charge < -0.3 is 15.0 Å². The average molecular weight is 216 g/mol. The standard InChI is InChI=1S/C9H16N2O2S/c1-2-13-8(12)7-10-9(14)11-5-3-4-6-11/h2-7H2,1H3,(H,10,14). The van der Waals surface area contributed by atoms with E-state index in [-0.39, 0.29) is 12.5 Å². The fraction of sp³-hybridized carbons (Fsp3) is 0.778. The van der Waals surface area contributed by atoms with Crippen LogP contribution in [0.1, 0.15) is 19.8 Å². The lowest BCUT2D eigenvalue weighted by atomic mass is 10.4. The largest absolute Gasteiger partial charge is 0.465 e. The van der Waals surface area contributed by atoms with E-state index in [0.717, 1.165) is 13.1 Å². The Bertz CT molecular complexity index is 215. The number of likely N-dealkylation sites (tertiary alicyclic amines) is 1. The molecule has 1 saturated heterocycles. The van der Waals surface area contributed by atoms with Crippen LogP contribution in [0, 0.1) is 0 Å². The molecule has 80 valence electrons. The van der Waals surface area contributed by atoms with Crippen LogP contribution < -0.4 is 5.32 Å². The van der Waals surface area contributed by atoms with Crippen molar-refractivity contribution in [1.82, 2.24) is 10.2 Å². The van der Waals surface area contributed by atoms with Crippen LogP contribution in [0.2, 0.25) is 0 Å². The second kappa shape index (κ2) is 5.80. The predicted molar refractivity (Wildman–Crippen MR) is 58.0 cm³/mol. The Hall–Kier alpha value is -0.840. The smallest absolute Gasteiger partial charge is 0.325 e. The summed E-state index contributed by atoms with van der Waals surface area (Å²) in [6.45, 7) is 4.36. The van der Waals surface area contributed by atoms with Gasteiger partial charge in [-0.2, -0.15) is 0 Å². The number of hydrogen-bond donors (Lipinski definition) is 1. The number of esters is 1. The lowest BCUT2D eigenvalue weighted by Gasteiger charge is -2.18. The number of carbonyl (C=O) groups is 1.